The second kappa shape index (κ2) is 9.02. The zero-order valence-corrected chi connectivity index (χ0v) is 17.6. The number of nitrogens with one attached hydrogen (secondary N) is 1. The van der Waals surface area contributed by atoms with Gasteiger partial charge in [-0.05, 0) is 17.9 Å². The Bertz CT molecular complexity index is 1120. The van der Waals surface area contributed by atoms with Gasteiger partial charge in [0.05, 0.1) is 10.5 Å². The molecule has 5 nitrogen and oxygen atoms in total. The molecule has 3 rings (SSSR count). The van der Waals surface area contributed by atoms with Gasteiger partial charge < -0.3 is 5.32 Å². The average Bonchev–Trinajstić information content (AvgIpc) is 3.11. The topological polar surface area (TPSA) is 76.1 Å². The number of hydrogen-bond acceptors (Lipinski definition) is 6. The lowest BCUT2D eigenvalue weighted by Gasteiger charge is -2.10. The van der Waals surface area contributed by atoms with E-state index in [1.54, 1.807) is 0 Å². The van der Waals surface area contributed by atoms with Crippen molar-refractivity contribution in [2.75, 3.05) is 11.1 Å². The summed E-state index contributed by atoms with van der Waals surface area (Å²) in [7, 11) is -4.92. The number of alkyl halides is 2. The molecular formula is C19H16F2N2O3S3. The molecule has 0 saturated heterocycles. The smallest absolute Gasteiger partial charge is 0.312 e. The molecule has 3 aromatic rings. The third-order valence-electron chi connectivity index (χ3n) is 3.82. The van der Waals surface area contributed by atoms with Gasteiger partial charge in [-0.25, -0.2) is 13.4 Å². The van der Waals surface area contributed by atoms with Gasteiger partial charge in [-0.3, -0.25) is 4.79 Å². The van der Waals surface area contributed by atoms with Crippen LogP contribution in [0.4, 0.5) is 13.8 Å². The number of sulfone groups is 1. The maximum atomic E-state index is 13.0. The summed E-state index contributed by atoms with van der Waals surface area (Å²) >= 11 is 2.74. The zero-order chi connectivity index (χ0) is 21.0. The molecule has 0 bridgehead atoms. The Morgan fingerprint density at radius 3 is 2.45 bits per heavy atom. The fourth-order valence-corrected chi connectivity index (χ4v) is 5.42. The second-order valence-corrected chi connectivity index (χ2v) is 10.1. The van der Waals surface area contributed by atoms with E-state index in [0.717, 1.165) is 21.7 Å². The molecule has 152 valence electrons. The van der Waals surface area contributed by atoms with E-state index in [4.69, 9.17) is 0 Å². The predicted octanol–water partition coefficient (Wildman–Crippen LogP) is 5.17. The van der Waals surface area contributed by atoms with Gasteiger partial charge in [0.2, 0.25) is 9.84 Å². The van der Waals surface area contributed by atoms with E-state index in [1.165, 1.54) is 41.3 Å². The first-order valence-electron chi connectivity index (χ1n) is 8.46. The van der Waals surface area contributed by atoms with Crippen LogP contribution in [0.15, 0.2) is 63.8 Å². The molecule has 1 heterocycles. The molecule has 1 aromatic heterocycles. The van der Waals surface area contributed by atoms with Crippen LogP contribution in [0, 0.1) is 0 Å². The first kappa shape index (κ1) is 21.4. The molecule has 0 spiro atoms. The standard InChI is InChI=1S/C19H16F2N2O3S3/c1-2-27-19-22-15(12-8-4-3-5-9-12)17(28-19)23-16(24)13-10-6-7-11-14(13)29(25,26)18(20)21/h3-11,18H,2H2,1H3,(H,23,24). The Labute approximate surface area is 175 Å². The Morgan fingerprint density at radius 1 is 1.14 bits per heavy atom. The fraction of sp³-hybridized carbons (Fsp3) is 0.158. The van der Waals surface area contributed by atoms with E-state index in [2.05, 4.69) is 10.3 Å². The van der Waals surface area contributed by atoms with Gasteiger partial charge in [0, 0.05) is 5.56 Å². The molecule has 1 N–H and O–H groups in total. The largest absolute Gasteiger partial charge is 0.341 e. The summed E-state index contributed by atoms with van der Waals surface area (Å²) in [5.41, 5.74) is 0.967. The number of anilines is 1. The summed E-state index contributed by atoms with van der Waals surface area (Å²) in [6.45, 7) is 1.97. The van der Waals surface area contributed by atoms with Crippen molar-refractivity contribution in [3.8, 4) is 11.3 Å². The minimum absolute atomic E-state index is 0.343. The van der Waals surface area contributed by atoms with Crippen LogP contribution < -0.4 is 5.32 Å². The third-order valence-corrected chi connectivity index (χ3v) is 7.26. The summed E-state index contributed by atoms with van der Waals surface area (Å²) in [5.74, 6) is -3.63. The summed E-state index contributed by atoms with van der Waals surface area (Å²) in [5, 5.41) is 3.07. The van der Waals surface area contributed by atoms with Crippen LogP contribution >= 0.6 is 23.1 Å². The number of amides is 1. The van der Waals surface area contributed by atoms with Crippen molar-refractivity contribution in [1.82, 2.24) is 4.98 Å². The number of rotatable bonds is 7. The van der Waals surface area contributed by atoms with Gasteiger partial charge in [-0.1, -0.05) is 72.5 Å². The Morgan fingerprint density at radius 2 is 1.79 bits per heavy atom. The SMILES string of the molecule is CCSc1nc(-c2ccccc2)c(NC(=O)c2ccccc2S(=O)(=O)C(F)F)s1. The molecule has 0 aliphatic carbocycles. The van der Waals surface area contributed by atoms with Crippen LogP contribution in [0.3, 0.4) is 0 Å². The van der Waals surface area contributed by atoms with Crippen LogP contribution in [0.5, 0.6) is 0 Å². The average molecular weight is 455 g/mol. The van der Waals surface area contributed by atoms with Crippen molar-refractivity contribution < 1.29 is 22.0 Å². The van der Waals surface area contributed by atoms with E-state index < -0.39 is 26.4 Å². The lowest BCUT2D eigenvalue weighted by Crippen LogP contribution is -2.19. The monoisotopic (exact) mass is 454 g/mol. The molecule has 0 fully saturated rings. The second-order valence-electron chi connectivity index (χ2n) is 5.71. The normalized spacial score (nSPS) is 11.6. The van der Waals surface area contributed by atoms with Crippen molar-refractivity contribution >= 4 is 43.8 Å². The van der Waals surface area contributed by atoms with Crippen LogP contribution in [-0.4, -0.2) is 30.8 Å². The van der Waals surface area contributed by atoms with Gasteiger partial charge in [0.25, 0.3) is 5.91 Å². The van der Waals surface area contributed by atoms with Crippen molar-refractivity contribution in [3.63, 3.8) is 0 Å². The number of carbonyl (C=O) groups is 1. The van der Waals surface area contributed by atoms with E-state index in [0.29, 0.717) is 10.7 Å². The van der Waals surface area contributed by atoms with Crippen molar-refractivity contribution in [3.05, 3.63) is 60.2 Å². The highest BCUT2D eigenvalue weighted by molar-refractivity contribution is 8.01. The first-order valence-corrected chi connectivity index (χ1v) is 11.8. The fourth-order valence-electron chi connectivity index (χ4n) is 2.53. The quantitative estimate of drug-likeness (QED) is 0.499. The molecule has 0 saturated carbocycles. The molecule has 0 unspecified atom stereocenters. The lowest BCUT2D eigenvalue weighted by atomic mass is 10.1. The number of benzene rings is 2. The van der Waals surface area contributed by atoms with E-state index in [1.807, 2.05) is 37.3 Å². The molecule has 2 aromatic carbocycles. The number of carbonyl (C=O) groups excluding carboxylic acids is 1. The number of thiazole rings is 1. The van der Waals surface area contributed by atoms with Gasteiger partial charge in [0.1, 0.15) is 10.7 Å². The highest BCUT2D eigenvalue weighted by atomic mass is 32.2. The minimum atomic E-state index is -4.92. The first-order chi connectivity index (χ1) is 13.8. The minimum Gasteiger partial charge on any atom is -0.312 e. The highest BCUT2D eigenvalue weighted by Crippen LogP contribution is 2.38. The molecule has 0 atom stereocenters. The number of aromatic nitrogens is 1. The lowest BCUT2D eigenvalue weighted by molar-refractivity contribution is 0.102. The number of nitrogens with zero attached hydrogens (tertiary/aromatic N) is 1. The predicted molar refractivity (Wildman–Crippen MR) is 112 cm³/mol. The Balaban J connectivity index is 2.01. The summed E-state index contributed by atoms with van der Waals surface area (Å²) in [6.07, 6.45) is 0. The van der Waals surface area contributed by atoms with Crippen LogP contribution in [0.25, 0.3) is 11.3 Å². The molecule has 1 amide bonds. The third kappa shape index (κ3) is 4.65. The van der Waals surface area contributed by atoms with Crippen molar-refractivity contribution in [2.45, 2.75) is 21.9 Å². The molecule has 29 heavy (non-hydrogen) atoms. The van der Waals surface area contributed by atoms with Gasteiger partial charge >= 0.3 is 5.76 Å². The van der Waals surface area contributed by atoms with Crippen molar-refractivity contribution in [2.24, 2.45) is 0 Å². The van der Waals surface area contributed by atoms with E-state index in [-0.39, 0.29) is 5.56 Å². The van der Waals surface area contributed by atoms with Gasteiger partial charge in [-0.2, -0.15) is 8.78 Å². The Hall–Kier alpha value is -2.30. The number of halogens is 2. The van der Waals surface area contributed by atoms with Crippen LogP contribution in [0.1, 0.15) is 17.3 Å². The summed E-state index contributed by atoms with van der Waals surface area (Å²) < 4.78 is 50.6. The van der Waals surface area contributed by atoms with Gasteiger partial charge in [0.15, 0.2) is 4.34 Å². The molecule has 0 aliphatic rings. The number of hydrogen-bond donors (Lipinski definition) is 1. The van der Waals surface area contributed by atoms with Crippen LogP contribution in [0.2, 0.25) is 0 Å². The summed E-state index contributed by atoms with van der Waals surface area (Å²) in [6, 6.07) is 14.1. The van der Waals surface area contributed by atoms with Crippen molar-refractivity contribution in [1.29, 1.82) is 0 Å². The number of thioether (sulfide) groups is 1. The maximum Gasteiger partial charge on any atom is 0.341 e. The summed E-state index contributed by atoms with van der Waals surface area (Å²) in [4.78, 5) is 16.6. The van der Waals surface area contributed by atoms with E-state index in [9.17, 15) is 22.0 Å². The van der Waals surface area contributed by atoms with Crippen LogP contribution in [-0.2, 0) is 9.84 Å². The highest BCUT2D eigenvalue weighted by Gasteiger charge is 2.31. The van der Waals surface area contributed by atoms with E-state index >= 15 is 0 Å². The molecule has 0 radical (unpaired) electrons. The molecular weight excluding hydrogens is 438 g/mol. The van der Waals surface area contributed by atoms with Gasteiger partial charge in [-0.15, -0.1) is 0 Å². The zero-order valence-electron chi connectivity index (χ0n) is 15.1. The Kier molecular flexibility index (Phi) is 6.66. The maximum absolute atomic E-state index is 13.0. The molecule has 10 heteroatoms. The molecule has 0 aliphatic heterocycles.